The van der Waals surface area contributed by atoms with Gasteiger partial charge in [0, 0.05) is 13.0 Å². The molecule has 1 fully saturated rings. The Morgan fingerprint density at radius 3 is 2.36 bits per heavy atom. The van der Waals surface area contributed by atoms with E-state index in [0.29, 0.717) is 16.5 Å². The zero-order chi connectivity index (χ0) is 23.7. The summed E-state index contributed by atoms with van der Waals surface area (Å²) >= 11 is 0. The molecule has 0 bridgehead atoms. The molecule has 5 N–H and O–H groups in total. The Kier molecular flexibility index (Phi) is 6.34. The Morgan fingerprint density at radius 1 is 0.970 bits per heavy atom. The number of carbonyl (C=O) groups excluding carboxylic acids is 1. The molecule has 5 atom stereocenters. The molecule has 2 heterocycles. The van der Waals surface area contributed by atoms with Gasteiger partial charge in [-0.25, -0.2) is 4.42 Å². The molecule has 2 aromatic carbocycles. The number of aliphatic hydroxyl groups is 3. The summed E-state index contributed by atoms with van der Waals surface area (Å²) in [6.45, 7) is 0.832. The molecule has 174 valence electrons. The molecule has 3 aromatic rings. The van der Waals surface area contributed by atoms with Crippen LogP contribution in [0.1, 0.15) is 6.92 Å². The second-order valence-corrected chi connectivity index (χ2v) is 7.64. The Balaban J connectivity index is 1.71. The van der Waals surface area contributed by atoms with E-state index in [0.717, 1.165) is 0 Å². The minimum Gasteiger partial charge on any atom is -0.508 e. The van der Waals surface area contributed by atoms with Crippen LogP contribution in [-0.2, 0) is 14.3 Å². The first kappa shape index (κ1) is 22.7. The molecule has 0 radical (unpaired) electrons. The average molecular weight is 459 g/mol. The lowest BCUT2D eigenvalue weighted by molar-refractivity contribution is -0.278. The highest BCUT2D eigenvalue weighted by molar-refractivity contribution is 5.83. The monoisotopic (exact) mass is 459 g/mol. The van der Waals surface area contributed by atoms with Crippen LogP contribution in [0.5, 0.6) is 17.2 Å². The van der Waals surface area contributed by atoms with Gasteiger partial charge in [0.25, 0.3) is 0 Å². The topological polar surface area (TPSA) is 157 Å². The van der Waals surface area contributed by atoms with Crippen LogP contribution in [0, 0.1) is 0 Å². The number of benzene rings is 2. The van der Waals surface area contributed by atoms with Gasteiger partial charge in [0.2, 0.25) is 12.0 Å². The fourth-order valence-electron chi connectivity index (χ4n) is 3.48. The van der Waals surface area contributed by atoms with Crippen molar-refractivity contribution in [1.29, 1.82) is 0 Å². The number of fused-ring (bicyclic) bond motifs is 1. The smallest absolute Gasteiger partial charge is 0.402 e. The highest BCUT2D eigenvalue weighted by Crippen LogP contribution is 2.37. The number of hydrogen-bond acceptors (Lipinski definition) is 9. The third-order valence-corrected chi connectivity index (χ3v) is 5.21. The van der Waals surface area contributed by atoms with Crippen molar-refractivity contribution >= 4 is 16.9 Å². The van der Waals surface area contributed by atoms with Gasteiger partial charge < -0.3 is 39.7 Å². The number of hydrogen-bond donors (Lipinski definition) is 5. The van der Waals surface area contributed by atoms with Crippen LogP contribution in [0.4, 0.5) is 0 Å². The summed E-state index contributed by atoms with van der Waals surface area (Å²) in [4.78, 5) is 11.1. The highest BCUT2D eigenvalue weighted by Gasteiger charge is 2.46. The largest absolute Gasteiger partial charge is 0.508 e. The molecule has 1 aliphatic heterocycles. The zero-order valence-corrected chi connectivity index (χ0v) is 17.5. The maximum Gasteiger partial charge on any atom is 0.402 e. The van der Waals surface area contributed by atoms with Crippen molar-refractivity contribution in [2.45, 2.75) is 37.6 Å². The summed E-state index contributed by atoms with van der Waals surface area (Å²) in [5, 5.41) is 50.9. The van der Waals surface area contributed by atoms with E-state index in [1.165, 1.54) is 31.2 Å². The molecular weight excluding hydrogens is 436 g/mol. The first-order valence-electron chi connectivity index (χ1n) is 10.1. The van der Waals surface area contributed by atoms with E-state index < -0.39 is 36.7 Å². The number of carbonyl (C=O) groups is 1. The minimum atomic E-state index is -1.63. The molecule has 0 amide bonds. The summed E-state index contributed by atoms with van der Waals surface area (Å²) in [7, 11) is 0. The molecule has 10 heteroatoms. The standard InChI is InChI=1S/C23H22O10/c1-11(24)30-10-18-19(27)20(28)21(29)23(33-18)32-17-8-13-4-7-15(26)9-16(13)31-22(17)12-2-5-14(25)6-3-12/h2-9,18-21,23,27-29H,10H2,1H3,(H-,25,26)/p+1/t18-,19-,20+,21-,23-/m1/s1. The maximum atomic E-state index is 11.1. The molecule has 0 saturated carbocycles. The molecule has 10 nitrogen and oxygen atoms in total. The summed E-state index contributed by atoms with van der Waals surface area (Å²) in [5.41, 5.74) is 0.856. The van der Waals surface area contributed by atoms with Gasteiger partial charge in [-0.05, 0) is 36.4 Å². The van der Waals surface area contributed by atoms with Crippen LogP contribution in [0.25, 0.3) is 22.3 Å². The van der Waals surface area contributed by atoms with Crippen LogP contribution in [-0.4, -0.2) is 68.8 Å². The molecule has 4 rings (SSSR count). The van der Waals surface area contributed by atoms with Crippen LogP contribution in [0.15, 0.2) is 52.9 Å². The van der Waals surface area contributed by atoms with Crippen LogP contribution >= 0.6 is 0 Å². The summed E-state index contributed by atoms with van der Waals surface area (Å²) in [6.07, 6.45) is -7.36. The number of rotatable bonds is 5. The van der Waals surface area contributed by atoms with Gasteiger partial charge in [-0.2, -0.15) is 0 Å². The second kappa shape index (κ2) is 9.20. The van der Waals surface area contributed by atoms with E-state index in [4.69, 9.17) is 18.6 Å². The van der Waals surface area contributed by atoms with E-state index in [1.54, 1.807) is 24.3 Å². The predicted octanol–water partition coefficient (Wildman–Crippen LogP) is 1.54. The summed E-state index contributed by atoms with van der Waals surface area (Å²) in [5.74, 6) is -0.252. The number of ether oxygens (including phenoxy) is 3. The van der Waals surface area contributed by atoms with Gasteiger partial charge >= 0.3 is 17.3 Å². The lowest BCUT2D eigenvalue weighted by Crippen LogP contribution is -2.60. The average Bonchev–Trinajstić information content (AvgIpc) is 2.78. The summed E-state index contributed by atoms with van der Waals surface area (Å²) in [6, 6.07) is 12.1. The molecular formula is C23H23O10+. The fraction of sp³-hybridized carbons (Fsp3) is 0.304. The zero-order valence-electron chi connectivity index (χ0n) is 17.5. The molecule has 0 unspecified atom stereocenters. The Labute approximate surface area is 187 Å². The van der Waals surface area contributed by atoms with Crippen LogP contribution in [0.3, 0.4) is 0 Å². The molecule has 1 aliphatic rings. The first-order chi connectivity index (χ1) is 15.7. The van der Waals surface area contributed by atoms with Gasteiger partial charge in [0.1, 0.15) is 42.5 Å². The summed E-state index contributed by atoms with van der Waals surface area (Å²) < 4.78 is 22.3. The molecule has 1 saturated heterocycles. The highest BCUT2D eigenvalue weighted by atomic mass is 16.7. The SMILES string of the molecule is CC(=O)OC[C@H]1O[C@@H](Oc2cc3ccc(O)cc3[o+]c2-c2ccc(O)cc2)[C@H](O)[C@@H](O)[C@@H]1O. The fourth-order valence-corrected chi connectivity index (χ4v) is 3.48. The number of aromatic hydroxyl groups is 2. The van der Waals surface area contributed by atoms with E-state index in [9.17, 15) is 30.3 Å². The second-order valence-electron chi connectivity index (χ2n) is 7.64. The van der Waals surface area contributed by atoms with E-state index in [-0.39, 0.29) is 29.6 Å². The van der Waals surface area contributed by atoms with Gasteiger partial charge in [0.15, 0.2) is 0 Å². The van der Waals surface area contributed by atoms with Crippen molar-refractivity contribution in [1.82, 2.24) is 0 Å². The molecule has 1 aromatic heterocycles. The maximum absolute atomic E-state index is 11.1. The molecule has 0 aliphatic carbocycles. The van der Waals surface area contributed by atoms with Crippen molar-refractivity contribution in [3.63, 3.8) is 0 Å². The Hall–Kier alpha value is -3.44. The van der Waals surface area contributed by atoms with Crippen molar-refractivity contribution in [2.24, 2.45) is 0 Å². The normalized spacial score (nSPS) is 25.0. The van der Waals surface area contributed by atoms with E-state index in [2.05, 4.69) is 0 Å². The lowest BCUT2D eigenvalue weighted by Gasteiger charge is -2.39. The Morgan fingerprint density at radius 2 is 1.67 bits per heavy atom. The first-order valence-corrected chi connectivity index (χ1v) is 10.1. The van der Waals surface area contributed by atoms with Gasteiger partial charge in [0.05, 0.1) is 17.0 Å². The van der Waals surface area contributed by atoms with Crippen molar-refractivity contribution in [3.05, 3.63) is 48.5 Å². The number of phenols is 2. The quantitative estimate of drug-likeness (QED) is 0.280. The van der Waals surface area contributed by atoms with Crippen molar-refractivity contribution < 1.29 is 49.0 Å². The van der Waals surface area contributed by atoms with Gasteiger partial charge in [-0.1, -0.05) is 0 Å². The Bertz CT molecular complexity index is 1150. The predicted molar refractivity (Wildman–Crippen MR) is 113 cm³/mol. The van der Waals surface area contributed by atoms with Gasteiger partial charge in [-0.3, -0.25) is 4.79 Å². The number of esters is 1. The minimum absolute atomic E-state index is 0.00645. The third kappa shape index (κ3) is 4.83. The van der Waals surface area contributed by atoms with Gasteiger partial charge in [-0.15, -0.1) is 0 Å². The number of phenolic OH excluding ortho intramolecular Hbond substituents is 2. The van der Waals surface area contributed by atoms with E-state index >= 15 is 0 Å². The van der Waals surface area contributed by atoms with Crippen LogP contribution in [0.2, 0.25) is 0 Å². The van der Waals surface area contributed by atoms with Crippen LogP contribution < -0.4 is 4.74 Å². The number of aliphatic hydroxyl groups excluding tert-OH is 3. The van der Waals surface area contributed by atoms with Crippen molar-refractivity contribution in [2.75, 3.05) is 6.61 Å². The lowest BCUT2D eigenvalue weighted by atomic mass is 9.99. The molecule has 0 spiro atoms. The van der Waals surface area contributed by atoms with E-state index in [1.807, 2.05) is 0 Å². The van der Waals surface area contributed by atoms with Crippen molar-refractivity contribution in [3.8, 4) is 28.6 Å². The third-order valence-electron chi connectivity index (χ3n) is 5.21. The molecule has 33 heavy (non-hydrogen) atoms.